The number of thiophene rings is 1. The number of amides is 1. The van der Waals surface area contributed by atoms with E-state index in [9.17, 15) is 14.9 Å². The maximum absolute atomic E-state index is 12.3. The third kappa shape index (κ3) is 4.50. The number of para-hydroxylation sites is 1. The number of benzene rings is 1. The first kappa shape index (κ1) is 19.9. The van der Waals surface area contributed by atoms with E-state index in [0.29, 0.717) is 22.8 Å². The Morgan fingerprint density at radius 1 is 1.25 bits per heavy atom. The van der Waals surface area contributed by atoms with Crippen molar-refractivity contribution < 1.29 is 19.4 Å². The van der Waals surface area contributed by atoms with E-state index in [4.69, 9.17) is 9.84 Å². The molecule has 2 aromatic rings. The van der Waals surface area contributed by atoms with Gasteiger partial charge in [0.15, 0.2) is 6.61 Å². The van der Waals surface area contributed by atoms with Crippen LogP contribution < -0.4 is 10.6 Å². The maximum Gasteiger partial charge on any atom is 0.340 e. The minimum absolute atomic E-state index is 0.0716. The van der Waals surface area contributed by atoms with E-state index in [1.807, 2.05) is 0 Å². The molecule has 28 heavy (non-hydrogen) atoms. The van der Waals surface area contributed by atoms with Crippen molar-refractivity contribution in [3.05, 3.63) is 45.8 Å². The molecule has 0 saturated carbocycles. The molecule has 1 heterocycles. The summed E-state index contributed by atoms with van der Waals surface area (Å²) in [5, 5.41) is 24.5. The number of carbonyl (C=O) groups is 2. The lowest BCUT2D eigenvalue weighted by Gasteiger charge is -2.11. The zero-order valence-electron chi connectivity index (χ0n) is 15.3. The van der Waals surface area contributed by atoms with Crippen LogP contribution in [0.25, 0.3) is 0 Å². The molecule has 0 radical (unpaired) electrons. The van der Waals surface area contributed by atoms with Crippen molar-refractivity contribution in [1.82, 2.24) is 0 Å². The van der Waals surface area contributed by atoms with Gasteiger partial charge in [0.1, 0.15) is 11.1 Å². The Bertz CT molecular complexity index is 917. The van der Waals surface area contributed by atoms with Crippen LogP contribution in [0.4, 0.5) is 10.7 Å². The molecule has 3 rings (SSSR count). The van der Waals surface area contributed by atoms with E-state index in [-0.39, 0.29) is 12.2 Å². The van der Waals surface area contributed by atoms with Crippen molar-refractivity contribution in [3.8, 4) is 6.07 Å². The fourth-order valence-electron chi connectivity index (χ4n) is 3.15. The number of nitrogens with one attached hydrogen (secondary N) is 2. The number of nitriles is 1. The predicted molar refractivity (Wildman–Crippen MR) is 107 cm³/mol. The predicted octanol–water partition coefficient (Wildman–Crippen LogP) is 2.70. The number of hydrogen-bond donors (Lipinski definition) is 3. The van der Waals surface area contributed by atoms with Gasteiger partial charge in [0.05, 0.1) is 17.7 Å². The molecule has 3 N–H and O–H groups in total. The zero-order chi connectivity index (χ0) is 19.9. The molecule has 8 heteroatoms. The second-order valence-electron chi connectivity index (χ2n) is 6.35. The molecule has 1 aromatic carbocycles. The van der Waals surface area contributed by atoms with Crippen LogP contribution in [0.2, 0.25) is 0 Å². The molecule has 0 atom stereocenters. The third-order valence-electron chi connectivity index (χ3n) is 4.44. The molecule has 1 amide bonds. The number of nitrogens with zero attached hydrogens (tertiary/aromatic N) is 1. The quantitative estimate of drug-likeness (QED) is 0.617. The Balaban J connectivity index is 1.62. The second-order valence-corrected chi connectivity index (χ2v) is 7.45. The normalized spacial score (nSPS) is 12.6. The summed E-state index contributed by atoms with van der Waals surface area (Å²) in [6.07, 6.45) is 3.93. The van der Waals surface area contributed by atoms with Gasteiger partial charge in [0, 0.05) is 17.1 Å². The number of esters is 1. The molecule has 7 nitrogen and oxygen atoms in total. The first-order chi connectivity index (χ1) is 13.6. The van der Waals surface area contributed by atoms with E-state index < -0.39 is 18.5 Å². The maximum atomic E-state index is 12.3. The first-order valence-electron chi connectivity index (χ1n) is 9.09. The van der Waals surface area contributed by atoms with Crippen LogP contribution in [-0.4, -0.2) is 36.7 Å². The van der Waals surface area contributed by atoms with Crippen molar-refractivity contribution in [3.63, 3.8) is 0 Å². The molecule has 1 aliphatic rings. The van der Waals surface area contributed by atoms with E-state index in [2.05, 4.69) is 16.7 Å². The van der Waals surface area contributed by atoms with Crippen molar-refractivity contribution in [2.45, 2.75) is 25.7 Å². The average molecular weight is 399 g/mol. The molecular weight excluding hydrogens is 378 g/mol. The summed E-state index contributed by atoms with van der Waals surface area (Å²) in [5.41, 5.74) is 2.38. The number of aliphatic hydroxyl groups excluding tert-OH is 1. The summed E-state index contributed by atoms with van der Waals surface area (Å²) in [7, 11) is 0. The van der Waals surface area contributed by atoms with Gasteiger partial charge in [-0.2, -0.15) is 5.26 Å². The van der Waals surface area contributed by atoms with Gasteiger partial charge >= 0.3 is 5.97 Å². The van der Waals surface area contributed by atoms with Crippen LogP contribution >= 0.6 is 11.3 Å². The minimum atomic E-state index is -0.637. The zero-order valence-corrected chi connectivity index (χ0v) is 16.1. The summed E-state index contributed by atoms with van der Waals surface area (Å²) in [6, 6.07) is 8.91. The molecule has 0 unspecified atom stereocenters. The third-order valence-corrected chi connectivity index (χ3v) is 5.65. The molecule has 0 spiro atoms. The van der Waals surface area contributed by atoms with Crippen LogP contribution in [0.1, 0.15) is 39.2 Å². The van der Waals surface area contributed by atoms with E-state index >= 15 is 0 Å². The summed E-state index contributed by atoms with van der Waals surface area (Å²) in [6.45, 7) is -0.219. The van der Waals surface area contributed by atoms with Crippen LogP contribution in [0.3, 0.4) is 0 Å². The summed E-state index contributed by atoms with van der Waals surface area (Å²) >= 11 is 1.43. The van der Waals surface area contributed by atoms with Gasteiger partial charge in [0.25, 0.3) is 5.91 Å². The average Bonchev–Trinajstić information content (AvgIpc) is 3.07. The number of fused-ring (bicyclic) bond motifs is 1. The number of carbonyl (C=O) groups excluding carboxylic acids is 2. The number of anilines is 2. The Morgan fingerprint density at radius 3 is 2.82 bits per heavy atom. The van der Waals surface area contributed by atoms with Crippen molar-refractivity contribution in [1.29, 1.82) is 5.26 Å². The fraction of sp³-hybridized carbons (Fsp3) is 0.350. The highest BCUT2D eigenvalue weighted by atomic mass is 32.1. The molecule has 0 aliphatic heterocycles. The highest BCUT2D eigenvalue weighted by molar-refractivity contribution is 7.16. The van der Waals surface area contributed by atoms with Gasteiger partial charge in [-0.3, -0.25) is 4.79 Å². The monoisotopic (exact) mass is 399 g/mol. The molecule has 0 saturated heterocycles. The van der Waals surface area contributed by atoms with Crippen molar-refractivity contribution in [2.75, 3.05) is 30.4 Å². The van der Waals surface area contributed by atoms with Crippen LogP contribution in [-0.2, 0) is 22.4 Å². The molecule has 146 valence electrons. The topological polar surface area (TPSA) is 111 Å². The number of rotatable bonds is 7. The molecule has 0 bridgehead atoms. The number of ether oxygens (including phenoxy) is 1. The Morgan fingerprint density at radius 2 is 2.04 bits per heavy atom. The van der Waals surface area contributed by atoms with Gasteiger partial charge in [-0.15, -0.1) is 11.3 Å². The van der Waals surface area contributed by atoms with Gasteiger partial charge in [-0.05, 0) is 43.4 Å². The molecule has 0 fully saturated rings. The number of aryl methyl sites for hydroxylation is 1. The Kier molecular flexibility index (Phi) is 6.63. The van der Waals surface area contributed by atoms with Crippen molar-refractivity contribution in [2.24, 2.45) is 0 Å². The lowest BCUT2D eigenvalue weighted by atomic mass is 9.96. The number of aliphatic hydroxyl groups is 1. The largest absolute Gasteiger partial charge is 0.452 e. The van der Waals surface area contributed by atoms with E-state index in [1.54, 1.807) is 24.3 Å². The van der Waals surface area contributed by atoms with Crippen LogP contribution in [0, 0.1) is 11.3 Å². The fourth-order valence-corrected chi connectivity index (χ4v) is 4.41. The Hall–Kier alpha value is -2.89. The van der Waals surface area contributed by atoms with Crippen LogP contribution in [0.5, 0.6) is 0 Å². The highest BCUT2D eigenvalue weighted by Crippen LogP contribution is 2.37. The van der Waals surface area contributed by atoms with E-state index in [0.717, 1.165) is 36.1 Å². The highest BCUT2D eigenvalue weighted by Gasteiger charge is 2.22. The smallest absolute Gasteiger partial charge is 0.340 e. The van der Waals surface area contributed by atoms with Gasteiger partial charge in [-0.1, -0.05) is 12.1 Å². The summed E-state index contributed by atoms with van der Waals surface area (Å²) in [4.78, 5) is 25.7. The standard InChI is InChI=1S/C20H21N3O4S/c21-11-15-13-5-2-4-8-17(13)28-19(15)23-18(25)12-27-20(26)14-6-1-3-7-16(14)22-9-10-24/h1,3,6-7,22,24H,2,4-5,8-10,12H2,(H,23,25). The Labute approximate surface area is 166 Å². The number of hydrogen-bond acceptors (Lipinski definition) is 7. The molecule has 1 aromatic heterocycles. The first-order valence-corrected chi connectivity index (χ1v) is 9.91. The second kappa shape index (κ2) is 9.35. The molecule has 1 aliphatic carbocycles. The van der Waals surface area contributed by atoms with Gasteiger partial charge in [0.2, 0.25) is 0 Å². The van der Waals surface area contributed by atoms with Gasteiger partial charge < -0.3 is 20.5 Å². The van der Waals surface area contributed by atoms with Crippen molar-refractivity contribution >= 4 is 33.9 Å². The van der Waals surface area contributed by atoms with Gasteiger partial charge in [-0.25, -0.2) is 4.79 Å². The SMILES string of the molecule is N#Cc1c(NC(=O)COC(=O)c2ccccc2NCCO)sc2c1CCCC2. The summed E-state index contributed by atoms with van der Waals surface area (Å²) < 4.78 is 5.13. The van der Waals surface area contributed by atoms with Crippen LogP contribution in [0.15, 0.2) is 24.3 Å². The van der Waals surface area contributed by atoms with E-state index in [1.165, 1.54) is 11.3 Å². The lowest BCUT2D eigenvalue weighted by molar-refractivity contribution is -0.119. The minimum Gasteiger partial charge on any atom is -0.452 e. The summed E-state index contributed by atoms with van der Waals surface area (Å²) in [5.74, 6) is -1.12. The molecular formula is C20H21N3O4S. The lowest BCUT2D eigenvalue weighted by Crippen LogP contribution is -2.21.